The molecule has 0 aliphatic heterocycles. The molecule has 0 aliphatic carbocycles. The molecular formula is C20H24N2Pd. The molecule has 0 spiro atoms. The van der Waals surface area contributed by atoms with Gasteiger partial charge in [0.25, 0.3) is 0 Å². The molecule has 0 radical (unpaired) electrons. The first-order valence-electron chi connectivity index (χ1n) is 8.10. The zero-order chi connectivity index (χ0) is 15.5. The molecule has 0 fully saturated rings. The first-order chi connectivity index (χ1) is 10.9. The summed E-state index contributed by atoms with van der Waals surface area (Å²) in [7, 11) is 0. The molecule has 0 aliphatic rings. The summed E-state index contributed by atoms with van der Waals surface area (Å²) in [5, 5.41) is 0. The average Bonchev–Trinajstić information content (AvgIpc) is 2.58. The maximum atomic E-state index is 4.74. The Hall–Kier alpha value is -1.56. The number of aliphatic imine (C=N–C) groups is 2. The number of hydrogen-bond acceptors (Lipinski definition) is 2. The Morgan fingerprint density at radius 2 is 1.43 bits per heavy atom. The van der Waals surface area contributed by atoms with Gasteiger partial charge in [0.1, 0.15) is 0 Å². The number of rotatable bonds is 8. The molecule has 2 aromatic rings. The van der Waals surface area contributed by atoms with Crippen LogP contribution in [-0.2, 0) is 20.4 Å². The fourth-order valence-electron chi connectivity index (χ4n) is 2.21. The molecule has 2 aromatic carbocycles. The van der Waals surface area contributed by atoms with Crippen molar-refractivity contribution in [3.8, 4) is 0 Å². The van der Waals surface area contributed by atoms with E-state index in [1.807, 2.05) is 66.9 Å². The van der Waals surface area contributed by atoms with Gasteiger partial charge in [-0.05, 0) is 37.1 Å². The van der Waals surface area contributed by atoms with Crippen molar-refractivity contribution in [3.63, 3.8) is 0 Å². The Labute approximate surface area is 153 Å². The van der Waals surface area contributed by atoms with Gasteiger partial charge in [0, 0.05) is 26.6 Å². The molecule has 0 aromatic heterocycles. The topological polar surface area (TPSA) is 24.7 Å². The number of para-hydroxylation sites is 2. The molecule has 0 bridgehead atoms. The van der Waals surface area contributed by atoms with Gasteiger partial charge >= 0.3 is 0 Å². The maximum Gasteiger partial charge on any atom is 0.0633 e. The summed E-state index contributed by atoms with van der Waals surface area (Å²) in [5.41, 5.74) is 3.01. The quantitative estimate of drug-likeness (QED) is 0.290. The van der Waals surface area contributed by atoms with Crippen LogP contribution in [0.25, 0.3) is 0 Å². The van der Waals surface area contributed by atoms with E-state index in [1.54, 1.807) is 0 Å². The number of nitrogens with zero attached hydrogens (tertiary/aromatic N) is 2. The summed E-state index contributed by atoms with van der Waals surface area (Å²) in [6.07, 6.45) is 7.85. The van der Waals surface area contributed by atoms with E-state index in [-0.39, 0.29) is 20.4 Å². The molecule has 124 valence electrons. The molecule has 0 unspecified atom stereocenters. The first kappa shape index (κ1) is 19.5. The number of hydrogen-bond donors (Lipinski definition) is 0. The van der Waals surface area contributed by atoms with Crippen molar-refractivity contribution < 1.29 is 20.4 Å². The predicted octanol–water partition coefficient (Wildman–Crippen LogP) is 6.13. The Morgan fingerprint density at radius 1 is 0.826 bits per heavy atom. The summed E-state index contributed by atoms with van der Waals surface area (Å²) in [5.74, 6) is 0. The minimum absolute atomic E-state index is 0. The summed E-state index contributed by atoms with van der Waals surface area (Å²) >= 11 is 0. The second-order valence-corrected chi connectivity index (χ2v) is 5.34. The molecule has 0 heterocycles. The van der Waals surface area contributed by atoms with Crippen LogP contribution in [0.1, 0.15) is 39.0 Å². The third-order valence-corrected chi connectivity index (χ3v) is 3.43. The molecular weight excluding hydrogens is 375 g/mol. The fourth-order valence-corrected chi connectivity index (χ4v) is 2.21. The van der Waals surface area contributed by atoms with Crippen molar-refractivity contribution in [3.05, 3.63) is 60.7 Å². The molecule has 0 N–H and O–H groups in total. The van der Waals surface area contributed by atoms with E-state index in [9.17, 15) is 0 Å². The van der Waals surface area contributed by atoms with Crippen molar-refractivity contribution in [1.29, 1.82) is 0 Å². The molecule has 3 heteroatoms. The van der Waals surface area contributed by atoms with Crippen molar-refractivity contribution >= 4 is 23.3 Å². The predicted molar refractivity (Wildman–Crippen MR) is 96.9 cm³/mol. The van der Waals surface area contributed by atoms with Crippen LogP contribution in [0.15, 0.2) is 70.6 Å². The largest absolute Gasteiger partial charge is 0.255 e. The summed E-state index contributed by atoms with van der Waals surface area (Å²) in [6, 6.07) is 20.1. The van der Waals surface area contributed by atoms with E-state index in [0.29, 0.717) is 0 Å². The van der Waals surface area contributed by atoms with Gasteiger partial charge in [0.2, 0.25) is 0 Å². The fraction of sp³-hybridized carbons (Fsp3) is 0.300. The van der Waals surface area contributed by atoms with Crippen LogP contribution in [0.4, 0.5) is 11.4 Å². The van der Waals surface area contributed by atoms with Gasteiger partial charge in [0.05, 0.1) is 17.1 Å². The average molecular weight is 399 g/mol. The van der Waals surface area contributed by atoms with Gasteiger partial charge < -0.3 is 0 Å². The van der Waals surface area contributed by atoms with Gasteiger partial charge in [0.15, 0.2) is 0 Å². The van der Waals surface area contributed by atoms with E-state index < -0.39 is 0 Å². The Morgan fingerprint density at radius 3 is 2.04 bits per heavy atom. The molecule has 0 saturated carbocycles. The standard InChI is InChI=1S/C20H24N2.Pd/c1-2-3-4-7-16-20(22-19-14-10-6-11-15-19)17-21-18-12-8-5-9-13-18;/h5-6,8-15,17H,2-4,7,16H2,1H3;/b21-17+,22-20+;. The van der Waals surface area contributed by atoms with Gasteiger partial charge in [-0.25, -0.2) is 0 Å². The number of benzene rings is 2. The Kier molecular flexibility index (Phi) is 10.1. The third-order valence-electron chi connectivity index (χ3n) is 3.43. The van der Waals surface area contributed by atoms with E-state index in [4.69, 9.17) is 4.99 Å². The van der Waals surface area contributed by atoms with Gasteiger partial charge in [-0.15, -0.1) is 0 Å². The minimum Gasteiger partial charge on any atom is -0.255 e. The minimum atomic E-state index is 0. The van der Waals surface area contributed by atoms with Crippen LogP contribution in [0.3, 0.4) is 0 Å². The first-order valence-corrected chi connectivity index (χ1v) is 8.10. The van der Waals surface area contributed by atoms with Crippen molar-refractivity contribution in [1.82, 2.24) is 0 Å². The Bertz CT molecular complexity index is 592. The molecule has 23 heavy (non-hydrogen) atoms. The monoisotopic (exact) mass is 398 g/mol. The number of unbranched alkanes of at least 4 members (excludes halogenated alkanes) is 3. The van der Waals surface area contributed by atoms with Crippen LogP contribution in [0.2, 0.25) is 0 Å². The van der Waals surface area contributed by atoms with Gasteiger partial charge in [-0.3, -0.25) is 9.98 Å². The molecule has 2 rings (SSSR count). The SMILES string of the molecule is CCCCCCC(/C=N/c1ccccc1)=N\c1ccccc1.[Pd]. The van der Waals surface area contributed by atoms with Crippen LogP contribution in [0, 0.1) is 0 Å². The van der Waals surface area contributed by atoms with E-state index in [0.717, 1.165) is 23.5 Å². The van der Waals surface area contributed by atoms with E-state index in [1.165, 1.54) is 25.7 Å². The van der Waals surface area contributed by atoms with Crippen LogP contribution in [0.5, 0.6) is 0 Å². The van der Waals surface area contributed by atoms with Gasteiger partial charge in [-0.1, -0.05) is 62.6 Å². The molecule has 0 saturated heterocycles. The Balaban J connectivity index is 0.00000264. The third kappa shape index (κ3) is 8.02. The van der Waals surface area contributed by atoms with E-state index in [2.05, 4.69) is 11.9 Å². The van der Waals surface area contributed by atoms with Crippen LogP contribution < -0.4 is 0 Å². The summed E-state index contributed by atoms with van der Waals surface area (Å²) in [4.78, 5) is 9.28. The zero-order valence-electron chi connectivity index (χ0n) is 13.6. The summed E-state index contributed by atoms with van der Waals surface area (Å²) < 4.78 is 0. The second kappa shape index (κ2) is 11.9. The zero-order valence-corrected chi connectivity index (χ0v) is 15.2. The van der Waals surface area contributed by atoms with Crippen LogP contribution in [-0.4, -0.2) is 11.9 Å². The van der Waals surface area contributed by atoms with E-state index >= 15 is 0 Å². The smallest absolute Gasteiger partial charge is 0.0633 e. The molecule has 0 amide bonds. The van der Waals surface area contributed by atoms with Crippen molar-refractivity contribution in [2.75, 3.05) is 0 Å². The summed E-state index contributed by atoms with van der Waals surface area (Å²) in [6.45, 7) is 2.23. The maximum absolute atomic E-state index is 4.74. The molecule has 0 atom stereocenters. The van der Waals surface area contributed by atoms with Crippen molar-refractivity contribution in [2.45, 2.75) is 39.0 Å². The van der Waals surface area contributed by atoms with Gasteiger partial charge in [-0.2, -0.15) is 0 Å². The molecule has 2 nitrogen and oxygen atoms in total. The van der Waals surface area contributed by atoms with Crippen molar-refractivity contribution in [2.24, 2.45) is 9.98 Å². The second-order valence-electron chi connectivity index (χ2n) is 5.34. The normalized spacial score (nSPS) is 11.4. The van der Waals surface area contributed by atoms with Crippen LogP contribution >= 0.6 is 0 Å².